The summed E-state index contributed by atoms with van der Waals surface area (Å²) in [5.41, 5.74) is 1.63. The van der Waals surface area contributed by atoms with Gasteiger partial charge in [0.1, 0.15) is 0 Å². The SMILES string of the molecule is CNC(C)c1ccccc1NC(=O)c1cccc(O)c1O. The molecule has 0 radical (unpaired) electrons. The second-order valence-corrected chi connectivity index (χ2v) is 4.73. The normalized spacial score (nSPS) is 11.9. The molecule has 4 N–H and O–H groups in total. The third-order valence-electron chi connectivity index (χ3n) is 3.37. The Kier molecular flexibility index (Phi) is 4.45. The van der Waals surface area contributed by atoms with E-state index in [1.54, 1.807) is 6.07 Å². The van der Waals surface area contributed by atoms with Crippen LogP contribution in [0.3, 0.4) is 0 Å². The summed E-state index contributed by atoms with van der Waals surface area (Å²) in [4.78, 5) is 12.2. The van der Waals surface area contributed by atoms with Gasteiger partial charge in [0.15, 0.2) is 11.5 Å². The molecular formula is C16H18N2O3. The van der Waals surface area contributed by atoms with Crippen molar-refractivity contribution in [2.45, 2.75) is 13.0 Å². The van der Waals surface area contributed by atoms with Gasteiger partial charge in [-0.25, -0.2) is 0 Å². The molecule has 0 aliphatic rings. The topological polar surface area (TPSA) is 81.6 Å². The maximum Gasteiger partial charge on any atom is 0.259 e. The number of rotatable bonds is 4. The molecule has 5 heteroatoms. The largest absolute Gasteiger partial charge is 0.504 e. The average Bonchev–Trinajstić information content (AvgIpc) is 2.49. The number of para-hydroxylation sites is 2. The number of anilines is 1. The van der Waals surface area contributed by atoms with Crippen molar-refractivity contribution in [3.8, 4) is 11.5 Å². The van der Waals surface area contributed by atoms with Gasteiger partial charge < -0.3 is 20.8 Å². The predicted molar refractivity (Wildman–Crippen MR) is 81.6 cm³/mol. The van der Waals surface area contributed by atoms with Crippen LogP contribution in [0.1, 0.15) is 28.9 Å². The van der Waals surface area contributed by atoms with Gasteiger partial charge in [-0.3, -0.25) is 4.79 Å². The van der Waals surface area contributed by atoms with Crippen molar-refractivity contribution in [2.75, 3.05) is 12.4 Å². The highest BCUT2D eigenvalue weighted by Gasteiger charge is 2.16. The zero-order valence-electron chi connectivity index (χ0n) is 11.9. The fourth-order valence-electron chi connectivity index (χ4n) is 2.05. The molecule has 2 rings (SSSR count). The summed E-state index contributed by atoms with van der Waals surface area (Å²) in [5, 5.41) is 25.1. The summed E-state index contributed by atoms with van der Waals surface area (Å²) in [7, 11) is 1.84. The Bertz CT molecular complexity index is 656. The Hall–Kier alpha value is -2.53. The van der Waals surface area contributed by atoms with Crippen molar-refractivity contribution in [3.63, 3.8) is 0 Å². The standard InChI is InChI=1S/C16H18N2O3/c1-10(17-2)11-6-3-4-8-13(11)18-16(21)12-7-5-9-14(19)15(12)20/h3-10,17,19-20H,1-2H3,(H,18,21). The van der Waals surface area contributed by atoms with Crippen LogP contribution in [-0.2, 0) is 0 Å². The summed E-state index contributed by atoms with van der Waals surface area (Å²) in [6, 6.07) is 11.8. The molecule has 1 amide bonds. The van der Waals surface area contributed by atoms with Crippen LogP contribution < -0.4 is 10.6 Å². The molecule has 21 heavy (non-hydrogen) atoms. The molecule has 0 aromatic heterocycles. The summed E-state index contributed by atoms with van der Waals surface area (Å²) >= 11 is 0. The van der Waals surface area contributed by atoms with Crippen LogP contribution in [-0.4, -0.2) is 23.2 Å². The van der Waals surface area contributed by atoms with Crippen LogP contribution in [0.25, 0.3) is 0 Å². The zero-order valence-corrected chi connectivity index (χ0v) is 11.9. The number of aromatic hydroxyl groups is 2. The fraction of sp³-hybridized carbons (Fsp3) is 0.188. The minimum Gasteiger partial charge on any atom is -0.504 e. The molecule has 110 valence electrons. The molecular weight excluding hydrogens is 268 g/mol. The van der Waals surface area contributed by atoms with Crippen molar-refractivity contribution < 1.29 is 15.0 Å². The Morgan fingerprint density at radius 2 is 1.81 bits per heavy atom. The van der Waals surface area contributed by atoms with Gasteiger partial charge in [0.05, 0.1) is 5.56 Å². The van der Waals surface area contributed by atoms with Crippen molar-refractivity contribution >= 4 is 11.6 Å². The van der Waals surface area contributed by atoms with Crippen LogP contribution in [0.4, 0.5) is 5.69 Å². The number of hydrogen-bond donors (Lipinski definition) is 4. The van der Waals surface area contributed by atoms with E-state index in [4.69, 9.17) is 0 Å². The lowest BCUT2D eigenvalue weighted by Gasteiger charge is -2.16. The third-order valence-corrected chi connectivity index (χ3v) is 3.37. The molecule has 0 saturated carbocycles. The van der Waals surface area contributed by atoms with Crippen LogP contribution in [0.15, 0.2) is 42.5 Å². The molecule has 0 spiro atoms. The van der Waals surface area contributed by atoms with Crippen molar-refractivity contribution in [1.29, 1.82) is 0 Å². The molecule has 2 aromatic rings. The highest BCUT2D eigenvalue weighted by atomic mass is 16.3. The second-order valence-electron chi connectivity index (χ2n) is 4.73. The first kappa shape index (κ1) is 14.9. The molecule has 1 atom stereocenters. The lowest BCUT2D eigenvalue weighted by Crippen LogP contribution is -2.18. The van der Waals surface area contributed by atoms with E-state index >= 15 is 0 Å². The lowest BCUT2D eigenvalue weighted by atomic mass is 10.1. The predicted octanol–water partition coefficient (Wildman–Crippen LogP) is 2.63. The van der Waals surface area contributed by atoms with Gasteiger partial charge in [-0.2, -0.15) is 0 Å². The van der Waals surface area contributed by atoms with Gasteiger partial charge >= 0.3 is 0 Å². The number of hydrogen-bond acceptors (Lipinski definition) is 4. The molecule has 0 aliphatic carbocycles. The number of phenolic OH excluding ortho intramolecular Hbond substituents is 2. The van der Waals surface area contributed by atoms with Gasteiger partial charge in [-0.15, -0.1) is 0 Å². The molecule has 0 aliphatic heterocycles. The van der Waals surface area contributed by atoms with E-state index in [1.165, 1.54) is 18.2 Å². The monoisotopic (exact) mass is 286 g/mol. The van der Waals surface area contributed by atoms with Crippen molar-refractivity contribution in [1.82, 2.24) is 5.32 Å². The van der Waals surface area contributed by atoms with Gasteiger partial charge in [-0.05, 0) is 37.7 Å². The Balaban J connectivity index is 2.30. The Labute approximate surface area is 123 Å². The van der Waals surface area contributed by atoms with Gasteiger partial charge in [0.2, 0.25) is 0 Å². The molecule has 2 aromatic carbocycles. The minimum atomic E-state index is -0.473. The highest BCUT2D eigenvalue weighted by Crippen LogP contribution is 2.29. The maximum absolute atomic E-state index is 12.2. The zero-order chi connectivity index (χ0) is 15.4. The van der Waals surface area contributed by atoms with Crippen molar-refractivity contribution in [2.24, 2.45) is 0 Å². The van der Waals surface area contributed by atoms with E-state index in [-0.39, 0.29) is 17.4 Å². The first-order valence-electron chi connectivity index (χ1n) is 6.63. The van der Waals surface area contributed by atoms with Gasteiger partial charge in [0.25, 0.3) is 5.91 Å². The number of carbonyl (C=O) groups is 1. The third kappa shape index (κ3) is 3.14. The maximum atomic E-state index is 12.2. The van der Waals surface area contributed by atoms with Crippen LogP contribution in [0, 0.1) is 0 Å². The quantitative estimate of drug-likeness (QED) is 0.651. The Morgan fingerprint density at radius 3 is 2.52 bits per heavy atom. The van der Waals surface area contributed by atoms with Crippen LogP contribution >= 0.6 is 0 Å². The first-order chi connectivity index (χ1) is 10.0. The van der Waals surface area contributed by atoms with E-state index in [9.17, 15) is 15.0 Å². The number of nitrogens with one attached hydrogen (secondary N) is 2. The van der Waals surface area contributed by atoms with E-state index in [0.717, 1.165) is 5.56 Å². The van der Waals surface area contributed by atoms with Gasteiger partial charge in [0, 0.05) is 11.7 Å². The van der Waals surface area contributed by atoms with E-state index in [0.29, 0.717) is 5.69 Å². The summed E-state index contributed by atoms with van der Waals surface area (Å²) in [5.74, 6) is -1.21. The Morgan fingerprint density at radius 1 is 1.10 bits per heavy atom. The number of benzene rings is 2. The molecule has 0 bridgehead atoms. The van der Waals surface area contributed by atoms with Gasteiger partial charge in [-0.1, -0.05) is 24.3 Å². The summed E-state index contributed by atoms with van der Waals surface area (Å²) in [6.07, 6.45) is 0. The number of amides is 1. The second kappa shape index (κ2) is 6.28. The molecule has 0 fully saturated rings. The first-order valence-corrected chi connectivity index (χ1v) is 6.63. The molecule has 0 heterocycles. The van der Waals surface area contributed by atoms with Crippen molar-refractivity contribution in [3.05, 3.63) is 53.6 Å². The average molecular weight is 286 g/mol. The number of phenols is 2. The summed E-state index contributed by atoms with van der Waals surface area (Å²) < 4.78 is 0. The molecule has 0 saturated heterocycles. The molecule has 5 nitrogen and oxygen atoms in total. The van der Waals surface area contributed by atoms with E-state index < -0.39 is 11.7 Å². The smallest absolute Gasteiger partial charge is 0.259 e. The van der Waals surface area contributed by atoms with E-state index in [1.807, 2.05) is 32.2 Å². The number of carbonyl (C=O) groups excluding carboxylic acids is 1. The summed E-state index contributed by atoms with van der Waals surface area (Å²) in [6.45, 7) is 1.98. The van der Waals surface area contributed by atoms with Crippen LogP contribution in [0.5, 0.6) is 11.5 Å². The highest BCUT2D eigenvalue weighted by molar-refractivity contribution is 6.07. The lowest BCUT2D eigenvalue weighted by molar-refractivity contribution is 0.102. The minimum absolute atomic E-state index is 0.0295. The van der Waals surface area contributed by atoms with Crippen LogP contribution in [0.2, 0.25) is 0 Å². The molecule has 1 unspecified atom stereocenters. The fourth-order valence-corrected chi connectivity index (χ4v) is 2.05. The van der Waals surface area contributed by atoms with E-state index in [2.05, 4.69) is 10.6 Å².